The Labute approximate surface area is 107 Å². The summed E-state index contributed by atoms with van der Waals surface area (Å²) in [5.74, 6) is -8.00. The second kappa shape index (κ2) is 6.92. The van der Waals surface area contributed by atoms with Crippen LogP contribution in [0.25, 0.3) is 0 Å². The van der Waals surface area contributed by atoms with E-state index >= 15 is 0 Å². The van der Waals surface area contributed by atoms with Gasteiger partial charge in [0.2, 0.25) is 0 Å². The molecule has 0 aliphatic carbocycles. The Kier molecular flexibility index (Phi) is 6.59. The largest absolute Gasteiger partial charge is 0.383 e. The van der Waals surface area contributed by atoms with Gasteiger partial charge in [0.1, 0.15) is 0 Å². The molecule has 0 saturated carbocycles. The molecular formula is C10H14ClF4NO2. The third-order valence-electron chi connectivity index (χ3n) is 2.44. The highest BCUT2D eigenvalue weighted by atomic mass is 35.5. The van der Waals surface area contributed by atoms with Gasteiger partial charge in [0, 0.05) is 6.04 Å². The average Bonchev–Trinajstić information content (AvgIpc) is 2.33. The third-order valence-corrected chi connectivity index (χ3v) is 2.74. The van der Waals surface area contributed by atoms with Crippen molar-refractivity contribution in [1.82, 2.24) is 4.90 Å². The van der Waals surface area contributed by atoms with Gasteiger partial charge in [-0.05, 0) is 13.3 Å². The van der Waals surface area contributed by atoms with Crippen LogP contribution in [-0.4, -0.2) is 47.4 Å². The molecule has 1 atom stereocenters. The number of carbonyl (C=O) groups excluding carboxylic acids is 2. The van der Waals surface area contributed by atoms with Gasteiger partial charge >= 0.3 is 12.3 Å². The number of amides is 1. The molecule has 0 bridgehead atoms. The van der Waals surface area contributed by atoms with Crippen LogP contribution in [0.2, 0.25) is 0 Å². The summed E-state index contributed by atoms with van der Waals surface area (Å²) in [4.78, 5) is 22.9. The van der Waals surface area contributed by atoms with Crippen molar-refractivity contribution < 1.29 is 27.2 Å². The normalized spacial score (nSPS) is 13.6. The van der Waals surface area contributed by atoms with Crippen molar-refractivity contribution in [2.24, 2.45) is 0 Å². The SMILES string of the molecule is CCC(C)N(CC(=O)CCl)C(=O)C(F)(F)C(F)F. The summed E-state index contributed by atoms with van der Waals surface area (Å²) in [6.07, 6.45) is -3.86. The van der Waals surface area contributed by atoms with E-state index in [1.165, 1.54) is 6.92 Å². The fourth-order valence-electron chi connectivity index (χ4n) is 1.17. The molecule has 0 radical (unpaired) electrons. The Morgan fingerprint density at radius 2 is 1.83 bits per heavy atom. The van der Waals surface area contributed by atoms with Crippen molar-refractivity contribution in [1.29, 1.82) is 0 Å². The first kappa shape index (κ1) is 17.2. The maximum atomic E-state index is 13.0. The second-order valence-corrected chi connectivity index (χ2v) is 4.05. The second-order valence-electron chi connectivity index (χ2n) is 3.79. The van der Waals surface area contributed by atoms with Gasteiger partial charge < -0.3 is 4.90 Å². The van der Waals surface area contributed by atoms with Crippen LogP contribution in [0, 0.1) is 0 Å². The van der Waals surface area contributed by atoms with Crippen molar-refractivity contribution in [2.75, 3.05) is 12.4 Å². The predicted molar refractivity (Wildman–Crippen MR) is 58.1 cm³/mol. The molecule has 0 spiro atoms. The van der Waals surface area contributed by atoms with Crippen molar-refractivity contribution >= 4 is 23.3 Å². The highest BCUT2D eigenvalue weighted by Gasteiger charge is 2.52. The molecule has 1 unspecified atom stereocenters. The van der Waals surface area contributed by atoms with Gasteiger partial charge in [-0.25, -0.2) is 8.78 Å². The maximum Gasteiger partial charge on any atom is 0.383 e. The molecule has 0 fully saturated rings. The van der Waals surface area contributed by atoms with Gasteiger partial charge in [-0.3, -0.25) is 9.59 Å². The number of hydrogen-bond donors (Lipinski definition) is 0. The zero-order valence-corrected chi connectivity index (χ0v) is 10.7. The Hall–Kier alpha value is -0.850. The van der Waals surface area contributed by atoms with Crippen LogP contribution in [0.3, 0.4) is 0 Å². The first-order valence-corrected chi connectivity index (χ1v) is 5.76. The summed E-state index contributed by atoms with van der Waals surface area (Å²) in [7, 11) is 0. The lowest BCUT2D eigenvalue weighted by Crippen LogP contribution is -2.52. The molecule has 0 N–H and O–H groups in total. The van der Waals surface area contributed by atoms with Gasteiger partial charge in [-0.2, -0.15) is 8.78 Å². The lowest BCUT2D eigenvalue weighted by molar-refractivity contribution is -0.183. The van der Waals surface area contributed by atoms with Crippen LogP contribution < -0.4 is 0 Å². The molecule has 3 nitrogen and oxygen atoms in total. The number of hydrogen-bond acceptors (Lipinski definition) is 2. The van der Waals surface area contributed by atoms with Gasteiger partial charge in [0.05, 0.1) is 12.4 Å². The van der Waals surface area contributed by atoms with Gasteiger partial charge in [-0.1, -0.05) is 6.92 Å². The van der Waals surface area contributed by atoms with Crippen LogP contribution in [0.1, 0.15) is 20.3 Å². The van der Waals surface area contributed by atoms with Crippen LogP contribution >= 0.6 is 11.6 Å². The van der Waals surface area contributed by atoms with Crippen LogP contribution in [0.5, 0.6) is 0 Å². The van der Waals surface area contributed by atoms with E-state index in [-0.39, 0.29) is 6.42 Å². The quantitative estimate of drug-likeness (QED) is 0.533. The minimum absolute atomic E-state index is 0.251. The fraction of sp³-hybridized carbons (Fsp3) is 0.800. The van der Waals surface area contributed by atoms with Gasteiger partial charge in [-0.15, -0.1) is 11.6 Å². The summed E-state index contributed by atoms with van der Waals surface area (Å²) in [5.41, 5.74) is 0. The average molecular weight is 292 g/mol. The van der Waals surface area contributed by atoms with E-state index < -0.39 is 42.5 Å². The Morgan fingerprint density at radius 1 is 1.33 bits per heavy atom. The van der Waals surface area contributed by atoms with Crippen molar-refractivity contribution in [3.05, 3.63) is 0 Å². The summed E-state index contributed by atoms with van der Waals surface area (Å²) < 4.78 is 50.1. The number of halogens is 5. The van der Waals surface area contributed by atoms with E-state index in [1.54, 1.807) is 6.92 Å². The lowest BCUT2D eigenvalue weighted by Gasteiger charge is -2.30. The zero-order valence-electron chi connectivity index (χ0n) is 9.93. The number of nitrogens with zero attached hydrogens (tertiary/aromatic N) is 1. The molecule has 0 aliphatic heterocycles. The topological polar surface area (TPSA) is 37.4 Å². The predicted octanol–water partition coefficient (Wildman–Crippen LogP) is 2.32. The molecule has 0 rings (SSSR count). The van der Waals surface area contributed by atoms with E-state index in [2.05, 4.69) is 0 Å². The van der Waals surface area contributed by atoms with Gasteiger partial charge in [0.15, 0.2) is 5.78 Å². The molecule has 0 aromatic heterocycles. The summed E-state index contributed by atoms with van der Waals surface area (Å²) in [6.45, 7) is 2.28. The fourth-order valence-corrected chi connectivity index (χ4v) is 1.25. The summed E-state index contributed by atoms with van der Waals surface area (Å²) in [6, 6.07) is -0.755. The molecule has 0 aliphatic rings. The van der Waals surface area contributed by atoms with Crippen LogP contribution in [-0.2, 0) is 9.59 Å². The molecular weight excluding hydrogens is 278 g/mol. The number of alkyl halides is 5. The number of ketones is 1. The first-order valence-electron chi connectivity index (χ1n) is 5.23. The molecule has 0 aromatic carbocycles. The minimum atomic E-state index is -4.80. The molecule has 0 saturated heterocycles. The van der Waals surface area contributed by atoms with E-state index in [1.807, 2.05) is 0 Å². The summed E-state index contributed by atoms with van der Waals surface area (Å²) in [5, 5.41) is 0. The van der Waals surface area contributed by atoms with Crippen LogP contribution in [0.15, 0.2) is 0 Å². The van der Waals surface area contributed by atoms with Gasteiger partial charge in [0.25, 0.3) is 5.91 Å². The van der Waals surface area contributed by atoms with E-state index in [0.717, 1.165) is 0 Å². The number of carbonyl (C=O) groups is 2. The standard InChI is InChI=1S/C10H14ClF4NO2/c1-3-6(2)16(5-7(17)4-11)9(18)10(14,15)8(12)13/h6,8H,3-5H2,1-2H3. The molecule has 18 heavy (non-hydrogen) atoms. The Bertz CT molecular complexity index is 312. The Morgan fingerprint density at radius 3 is 2.17 bits per heavy atom. The lowest BCUT2D eigenvalue weighted by atomic mass is 10.1. The zero-order chi connectivity index (χ0) is 14.5. The first-order chi connectivity index (χ1) is 8.18. The number of rotatable bonds is 7. The third kappa shape index (κ3) is 4.12. The Balaban J connectivity index is 5.08. The maximum absolute atomic E-state index is 13.0. The van der Waals surface area contributed by atoms with E-state index in [0.29, 0.717) is 4.90 Å². The molecule has 8 heteroatoms. The molecule has 0 aromatic rings. The smallest absolute Gasteiger partial charge is 0.327 e. The van der Waals surface area contributed by atoms with E-state index in [9.17, 15) is 27.2 Å². The summed E-state index contributed by atoms with van der Waals surface area (Å²) >= 11 is 5.20. The molecule has 106 valence electrons. The van der Waals surface area contributed by atoms with Crippen LogP contribution in [0.4, 0.5) is 17.6 Å². The highest BCUT2D eigenvalue weighted by molar-refractivity contribution is 6.28. The minimum Gasteiger partial charge on any atom is -0.327 e. The number of Topliss-reactive ketones (excluding diaryl/α,β-unsaturated/α-hetero) is 1. The van der Waals surface area contributed by atoms with Crippen molar-refractivity contribution in [3.63, 3.8) is 0 Å². The van der Waals surface area contributed by atoms with Crippen molar-refractivity contribution in [2.45, 2.75) is 38.7 Å². The van der Waals surface area contributed by atoms with E-state index in [4.69, 9.17) is 11.6 Å². The highest BCUT2D eigenvalue weighted by Crippen LogP contribution is 2.26. The monoisotopic (exact) mass is 291 g/mol. The van der Waals surface area contributed by atoms with Crippen molar-refractivity contribution in [3.8, 4) is 0 Å². The molecule has 0 heterocycles. The molecule has 1 amide bonds.